The van der Waals surface area contributed by atoms with Crippen molar-refractivity contribution in [1.29, 1.82) is 0 Å². The number of amides is 1. The molecule has 1 aromatic heterocycles. The van der Waals surface area contributed by atoms with Crippen molar-refractivity contribution in [1.82, 2.24) is 14.7 Å². The van der Waals surface area contributed by atoms with Crippen molar-refractivity contribution >= 4 is 20.0 Å². The Labute approximate surface area is 193 Å². The fourth-order valence-electron chi connectivity index (χ4n) is 3.90. The lowest BCUT2D eigenvalue weighted by atomic mass is 9.95. The van der Waals surface area contributed by atoms with Gasteiger partial charge in [0, 0.05) is 25.1 Å². The number of hydrogen-bond donors (Lipinski definition) is 0. The van der Waals surface area contributed by atoms with E-state index >= 15 is 0 Å². The number of Topliss-reactive ketones (excluding diaryl/α,β-unsaturated/α-hetero) is 1. The first kappa shape index (κ1) is 24.4. The number of β-lactam (4-membered cyclic amide) rings is 1. The molecule has 6 nitrogen and oxygen atoms in total. The molecule has 0 radical (unpaired) electrons. The topological polar surface area (TPSA) is 64.4 Å². The molecule has 2 aromatic rings. The molecule has 0 aliphatic carbocycles. The van der Waals surface area contributed by atoms with Gasteiger partial charge in [-0.15, -0.1) is 0 Å². The van der Waals surface area contributed by atoms with E-state index in [1.165, 1.54) is 5.56 Å². The fraction of sp³-hybridized carbons (Fsp3) is 0.560. The molecule has 1 amide bonds. The Morgan fingerprint density at radius 3 is 2.50 bits per heavy atom. The molecule has 1 saturated heterocycles. The monoisotopic (exact) mass is 455 g/mol. The van der Waals surface area contributed by atoms with E-state index in [9.17, 15) is 9.59 Å². The molecule has 0 spiro atoms. The Morgan fingerprint density at radius 2 is 1.91 bits per heavy atom. The van der Waals surface area contributed by atoms with Gasteiger partial charge in [-0.2, -0.15) is 5.10 Å². The Hall–Kier alpha value is -2.25. The van der Waals surface area contributed by atoms with Gasteiger partial charge in [-0.1, -0.05) is 51.1 Å². The minimum absolute atomic E-state index is 0.0198. The maximum absolute atomic E-state index is 13.0. The van der Waals surface area contributed by atoms with Gasteiger partial charge in [-0.05, 0) is 50.0 Å². The Morgan fingerprint density at radius 1 is 1.25 bits per heavy atom. The molecule has 3 rings (SSSR count). The Kier molecular flexibility index (Phi) is 7.10. The van der Waals surface area contributed by atoms with Gasteiger partial charge in [0.05, 0.1) is 6.04 Å². The molecule has 0 saturated carbocycles. The van der Waals surface area contributed by atoms with Crippen LogP contribution in [0.25, 0.3) is 0 Å². The van der Waals surface area contributed by atoms with Gasteiger partial charge in [-0.25, -0.2) is 0 Å². The van der Waals surface area contributed by atoms with E-state index in [1.54, 1.807) is 4.90 Å². The number of aromatic nitrogens is 2. The van der Waals surface area contributed by atoms with Crippen LogP contribution in [0.3, 0.4) is 0 Å². The highest BCUT2D eigenvalue weighted by atomic mass is 28.4. The molecule has 2 heterocycles. The lowest BCUT2D eigenvalue weighted by Gasteiger charge is -2.48. The number of nitrogens with zero attached hydrogens (tertiary/aromatic N) is 3. The maximum Gasteiger partial charge on any atom is 0.226 e. The summed E-state index contributed by atoms with van der Waals surface area (Å²) in [7, 11) is -2.01. The third-order valence-electron chi connectivity index (χ3n) is 6.90. The average Bonchev–Trinajstić information content (AvgIpc) is 3.06. The maximum atomic E-state index is 13.0. The molecule has 7 heteroatoms. The number of likely N-dealkylation sites (tertiary alicyclic amines) is 1. The molecule has 174 valence electrons. The van der Waals surface area contributed by atoms with Gasteiger partial charge in [-0.3, -0.25) is 14.3 Å². The minimum atomic E-state index is -2.01. The van der Waals surface area contributed by atoms with E-state index in [-0.39, 0.29) is 35.4 Å². The van der Waals surface area contributed by atoms with Crippen LogP contribution in [-0.2, 0) is 22.2 Å². The predicted molar refractivity (Wildman–Crippen MR) is 129 cm³/mol. The average molecular weight is 456 g/mol. The quantitative estimate of drug-likeness (QED) is 0.304. The van der Waals surface area contributed by atoms with Gasteiger partial charge in [0.15, 0.2) is 14.1 Å². The Balaban J connectivity index is 1.61. The smallest absolute Gasteiger partial charge is 0.226 e. The SMILES string of the molecule is Cc1cc(C(=O)CC2CC(=O)N2[C@H](C)O[Si](C)(C)C(C)(C)C)nn1CCc1ccccc1. The van der Waals surface area contributed by atoms with Gasteiger partial charge in [0.2, 0.25) is 5.91 Å². The van der Waals surface area contributed by atoms with Gasteiger partial charge < -0.3 is 9.33 Å². The highest BCUT2D eigenvalue weighted by Gasteiger charge is 2.45. The Bertz CT molecular complexity index is 963. The van der Waals surface area contributed by atoms with Crippen molar-refractivity contribution in [3.05, 3.63) is 53.3 Å². The number of aryl methyl sites for hydroxylation is 3. The van der Waals surface area contributed by atoms with Crippen LogP contribution in [0.2, 0.25) is 18.1 Å². The summed E-state index contributed by atoms with van der Waals surface area (Å²) in [6.07, 6.45) is 1.22. The third kappa shape index (κ3) is 5.38. The van der Waals surface area contributed by atoms with Crippen molar-refractivity contribution in [2.24, 2.45) is 0 Å². The van der Waals surface area contributed by atoms with Crippen molar-refractivity contribution in [2.45, 2.75) is 90.8 Å². The molecule has 1 aromatic carbocycles. The molecular formula is C25H37N3O3Si. The lowest BCUT2D eigenvalue weighted by molar-refractivity contribution is -0.159. The van der Waals surface area contributed by atoms with Gasteiger partial charge >= 0.3 is 0 Å². The molecule has 1 unspecified atom stereocenters. The van der Waals surface area contributed by atoms with Crippen LogP contribution < -0.4 is 0 Å². The summed E-state index contributed by atoms with van der Waals surface area (Å²) in [5, 5.41) is 4.62. The fourth-order valence-corrected chi connectivity index (χ4v) is 5.22. The van der Waals surface area contributed by atoms with Crippen LogP contribution in [-0.4, -0.2) is 47.0 Å². The number of hydrogen-bond acceptors (Lipinski definition) is 4. The van der Waals surface area contributed by atoms with Crippen LogP contribution in [0.15, 0.2) is 36.4 Å². The summed E-state index contributed by atoms with van der Waals surface area (Å²) >= 11 is 0. The van der Waals surface area contributed by atoms with Crippen molar-refractivity contribution in [3.63, 3.8) is 0 Å². The summed E-state index contributed by atoms with van der Waals surface area (Å²) in [6.45, 7) is 15.5. The number of benzene rings is 1. The molecule has 0 N–H and O–H groups in total. The van der Waals surface area contributed by atoms with E-state index in [2.05, 4.69) is 51.1 Å². The van der Waals surface area contributed by atoms with E-state index in [0.717, 1.165) is 18.7 Å². The van der Waals surface area contributed by atoms with E-state index in [1.807, 2.05) is 42.8 Å². The second-order valence-electron chi connectivity index (χ2n) is 10.4. The normalized spacial score (nSPS) is 17.9. The number of carbonyl (C=O) groups is 2. The van der Waals surface area contributed by atoms with Crippen LogP contribution in [0.1, 0.15) is 62.3 Å². The summed E-state index contributed by atoms with van der Waals surface area (Å²) in [4.78, 5) is 27.1. The second-order valence-corrected chi connectivity index (χ2v) is 15.1. The molecular weight excluding hydrogens is 418 g/mol. The second kappa shape index (κ2) is 9.31. The van der Waals surface area contributed by atoms with Crippen molar-refractivity contribution in [2.75, 3.05) is 0 Å². The summed E-state index contributed by atoms with van der Waals surface area (Å²) in [6, 6.07) is 12.0. The molecule has 2 atom stereocenters. The van der Waals surface area contributed by atoms with Crippen LogP contribution >= 0.6 is 0 Å². The first-order valence-electron chi connectivity index (χ1n) is 11.5. The number of ketones is 1. The van der Waals surface area contributed by atoms with Gasteiger partial charge in [0.1, 0.15) is 11.9 Å². The van der Waals surface area contributed by atoms with Crippen molar-refractivity contribution < 1.29 is 14.0 Å². The zero-order valence-corrected chi connectivity index (χ0v) is 21.5. The van der Waals surface area contributed by atoms with E-state index in [4.69, 9.17) is 4.43 Å². The van der Waals surface area contributed by atoms with E-state index in [0.29, 0.717) is 12.1 Å². The third-order valence-corrected chi connectivity index (χ3v) is 11.4. The first-order chi connectivity index (χ1) is 14.9. The predicted octanol–water partition coefficient (Wildman–Crippen LogP) is 4.98. The van der Waals surface area contributed by atoms with Crippen LogP contribution in [0.4, 0.5) is 0 Å². The van der Waals surface area contributed by atoms with E-state index < -0.39 is 8.32 Å². The zero-order chi connectivity index (χ0) is 23.7. The highest BCUT2D eigenvalue weighted by Crippen LogP contribution is 2.39. The van der Waals surface area contributed by atoms with Crippen molar-refractivity contribution in [3.8, 4) is 0 Å². The molecule has 1 fully saturated rings. The summed E-state index contributed by atoms with van der Waals surface area (Å²) < 4.78 is 8.30. The van der Waals surface area contributed by atoms with Gasteiger partial charge in [0.25, 0.3) is 0 Å². The molecule has 0 bridgehead atoms. The standard InChI is InChI=1S/C25H37N3O3Si/c1-18-15-22(26-27(18)14-13-20-11-9-8-10-12-20)23(29)16-21-17-24(30)28(21)19(2)31-32(6,7)25(3,4)5/h8-12,15,19,21H,13-14,16-17H2,1-7H3/t19-,21?/m0/s1. The zero-order valence-electron chi connectivity index (χ0n) is 20.5. The molecule has 1 aliphatic rings. The number of rotatable bonds is 9. The lowest BCUT2D eigenvalue weighted by Crippen LogP contribution is -2.60. The van der Waals surface area contributed by atoms with Crippen LogP contribution in [0.5, 0.6) is 0 Å². The highest BCUT2D eigenvalue weighted by molar-refractivity contribution is 6.74. The number of carbonyl (C=O) groups excluding carboxylic acids is 2. The van der Waals surface area contributed by atoms with Crippen LogP contribution in [0, 0.1) is 6.92 Å². The summed E-state index contributed by atoms with van der Waals surface area (Å²) in [5.41, 5.74) is 2.70. The first-order valence-corrected chi connectivity index (χ1v) is 14.4. The largest absolute Gasteiger partial charge is 0.397 e. The summed E-state index contributed by atoms with van der Waals surface area (Å²) in [5.74, 6) is 0.0344. The molecule has 1 aliphatic heterocycles. The molecule has 32 heavy (non-hydrogen) atoms. The minimum Gasteiger partial charge on any atom is -0.397 e.